The van der Waals surface area contributed by atoms with Crippen molar-refractivity contribution in [3.63, 3.8) is 0 Å². The Balaban J connectivity index is 2.42. The van der Waals surface area contributed by atoms with Crippen molar-refractivity contribution in [2.45, 2.75) is 19.1 Å². The number of carbonyl (C=O) groups is 1. The quantitative estimate of drug-likeness (QED) is 0.893. The SMILES string of the molecule is C[C@H](NC(=O)OCC(F)(F)F)c1cccnc1. The third-order valence-corrected chi connectivity index (χ3v) is 1.89. The summed E-state index contributed by atoms with van der Waals surface area (Å²) < 4.78 is 39.3. The Morgan fingerprint density at radius 1 is 1.59 bits per heavy atom. The van der Waals surface area contributed by atoms with Gasteiger partial charge in [0, 0.05) is 12.4 Å². The van der Waals surface area contributed by atoms with Crippen LogP contribution in [-0.4, -0.2) is 23.9 Å². The molecule has 0 aliphatic carbocycles. The minimum absolute atomic E-state index is 0.468. The smallest absolute Gasteiger partial charge is 0.422 e. The van der Waals surface area contributed by atoms with Gasteiger partial charge in [-0.25, -0.2) is 4.79 Å². The van der Waals surface area contributed by atoms with Crippen LogP contribution >= 0.6 is 0 Å². The summed E-state index contributed by atoms with van der Waals surface area (Å²) in [5.41, 5.74) is 0.677. The summed E-state index contributed by atoms with van der Waals surface area (Å²) in [6.45, 7) is 0.0183. The van der Waals surface area contributed by atoms with E-state index < -0.39 is 24.9 Å². The number of pyridine rings is 1. The molecule has 0 fully saturated rings. The minimum Gasteiger partial charge on any atom is -0.440 e. The van der Waals surface area contributed by atoms with E-state index in [0.29, 0.717) is 5.56 Å². The molecule has 0 bridgehead atoms. The molecule has 0 aliphatic rings. The van der Waals surface area contributed by atoms with Crippen molar-refractivity contribution in [2.75, 3.05) is 6.61 Å². The van der Waals surface area contributed by atoms with E-state index in [9.17, 15) is 18.0 Å². The molecule has 1 N–H and O–H groups in total. The van der Waals surface area contributed by atoms with Gasteiger partial charge in [-0.15, -0.1) is 0 Å². The Labute approximate surface area is 95.8 Å². The number of rotatable bonds is 3. The molecule has 94 valence electrons. The Bertz CT molecular complexity index is 368. The van der Waals surface area contributed by atoms with Gasteiger partial charge in [0.25, 0.3) is 0 Å². The lowest BCUT2D eigenvalue weighted by Gasteiger charge is -2.14. The van der Waals surface area contributed by atoms with Crippen LogP contribution in [0.4, 0.5) is 18.0 Å². The Kier molecular flexibility index (Phi) is 4.30. The fraction of sp³-hybridized carbons (Fsp3) is 0.400. The van der Waals surface area contributed by atoms with Crippen LogP contribution in [0, 0.1) is 0 Å². The molecule has 7 heteroatoms. The van der Waals surface area contributed by atoms with Crippen LogP contribution in [0.15, 0.2) is 24.5 Å². The standard InChI is InChI=1S/C10H11F3N2O2/c1-7(8-3-2-4-14-5-8)15-9(16)17-6-10(11,12)13/h2-5,7H,6H2,1H3,(H,15,16)/t7-/m0/s1. The Hall–Kier alpha value is -1.79. The highest BCUT2D eigenvalue weighted by molar-refractivity contribution is 5.67. The van der Waals surface area contributed by atoms with E-state index in [1.807, 2.05) is 0 Å². The van der Waals surface area contributed by atoms with Gasteiger partial charge in [-0.3, -0.25) is 4.98 Å². The van der Waals surface area contributed by atoms with Gasteiger partial charge in [0.15, 0.2) is 6.61 Å². The molecule has 0 saturated carbocycles. The third-order valence-electron chi connectivity index (χ3n) is 1.89. The second-order valence-corrected chi connectivity index (χ2v) is 3.34. The first-order chi connectivity index (χ1) is 7.88. The number of alkyl carbamates (subject to hydrolysis) is 1. The molecule has 1 rings (SSSR count). The van der Waals surface area contributed by atoms with Crippen molar-refractivity contribution in [3.05, 3.63) is 30.1 Å². The zero-order valence-corrected chi connectivity index (χ0v) is 8.99. The molecule has 1 aromatic heterocycles. The maximum atomic E-state index is 11.8. The highest BCUT2D eigenvalue weighted by atomic mass is 19.4. The first kappa shape index (κ1) is 13.3. The van der Waals surface area contributed by atoms with E-state index in [-0.39, 0.29) is 0 Å². The first-order valence-electron chi connectivity index (χ1n) is 4.78. The average Bonchev–Trinajstić information content (AvgIpc) is 2.27. The van der Waals surface area contributed by atoms with Crippen LogP contribution in [0.2, 0.25) is 0 Å². The summed E-state index contributed by atoms with van der Waals surface area (Å²) in [7, 11) is 0. The molecule has 0 unspecified atom stereocenters. The Morgan fingerprint density at radius 2 is 2.29 bits per heavy atom. The molecule has 1 amide bonds. The van der Waals surface area contributed by atoms with Crippen LogP contribution in [0.3, 0.4) is 0 Å². The van der Waals surface area contributed by atoms with E-state index in [2.05, 4.69) is 15.0 Å². The van der Waals surface area contributed by atoms with Crippen molar-refractivity contribution in [3.8, 4) is 0 Å². The topological polar surface area (TPSA) is 51.2 Å². The largest absolute Gasteiger partial charge is 0.440 e. The summed E-state index contributed by atoms with van der Waals surface area (Å²) in [6.07, 6.45) is -2.57. The zero-order valence-electron chi connectivity index (χ0n) is 8.99. The van der Waals surface area contributed by atoms with Gasteiger partial charge in [0.2, 0.25) is 0 Å². The predicted molar refractivity (Wildman–Crippen MR) is 53.2 cm³/mol. The van der Waals surface area contributed by atoms with Crippen molar-refractivity contribution in [1.82, 2.24) is 10.3 Å². The van der Waals surface area contributed by atoms with Crippen LogP contribution in [-0.2, 0) is 4.74 Å². The van der Waals surface area contributed by atoms with Crippen molar-refractivity contribution in [2.24, 2.45) is 0 Å². The van der Waals surface area contributed by atoms with E-state index in [0.717, 1.165) is 0 Å². The molecular formula is C10H11F3N2O2. The fourth-order valence-corrected chi connectivity index (χ4v) is 1.08. The molecule has 17 heavy (non-hydrogen) atoms. The summed E-state index contributed by atoms with van der Waals surface area (Å²) in [5.74, 6) is 0. The molecule has 0 saturated heterocycles. The number of carbonyl (C=O) groups excluding carboxylic acids is 1. The number of ether oxygens (including phenoxy) is 1. The number of aromatic nitrogens is 1. The lowest BCUT2D eigenvalue weighted by Crippen LogP contribution is -2.30. The van der Waals surface area contributed by atoms with Gasteiger partial charge in [0.1, 0.15) is 0 Å². The number of alkyl halides is 3. The van der Waals surface area contributed by atoms with Crippen LogP contribution in [0.1, 0.15) is 18.5 Å². The highest BCUT2D eigenvalue weighted by Crippen LogP contribution is 2.15. The van der Waals surface area contributed by atoms with E-state index in [1.165, 1.54) is 6.20 Å². The predicted octanol–water partition coefficient (Wildman–Crippen LogP) is 2.43. The second kappa shape index (κ2) is 5.51. The van der Waals surface area contributed by atoms with Gasteiger partial charge in [0.05, 0.1) is 6.04 Å². The number of amides is 1. The third kappa shape index (κ3) is 5.19. The summed E-state index contributed by atoms with van der Waals surface area (Å²) >= 11 is 0. The van der Waals surface area contributed by atoms with Gasteiger partial charge >= 0.3 is 12.3 Å². The highest BCUT2D eigenvalue weighted by Gasteiger charge is 2.29. The van der Waals surface area contributed by atoms with Crippen LogP contribution in [0.5, 0.6) is 0 Å². The molecule has 1 atom stereocenters. The molecular weight excluding hydrogens is 237 g/mol. The normalized spacial score (nSPS) is 12.9. The van der Waals surface area contributed by atoms with Crippen LogP contribution < -0.4 is 5.32 Å². The van der Waals surface area contributed by atoms with E-state index >= 15 is 0 Å². The minimum atomic E-state index is -4.52. The van der Waals surface area contributed by atoms with Gasteiger partial charge in [-0.05, 0) is 18.6 Å². The monoisotopic (exact) mass is 248 g/mol. The van der Waals surface area contributed by atoms with Crippen molar-refractivity contribution in [1.29, 1.82) is 0 Å². The molecule has 0 aromatic carbocycles. The number of hydrogen-bond donors (Lipinski definition) is 1. The van der Waals surface area contributed by atoms with Gasteiger partial charge in [-0.1, -0.05) is 6.07 Å². The summed E-state index contributed by atoms with van der Waals surface area (Å²) in [4.78, 5) is 14.8. The molecule has 4 nitrogen and oxygen atoms in total. The number of nitrogens with zero attached hydrogens (tertiary/aromatic N) is 1. The maximum Gasteiger partial charge on any atom is 0.422 e. The van der Waals surface area contributed by atoms with Crippen molar-refractivity contribution < 1.29 is 22.7 Å². The lowest BCUT2D eigenvalue weighted by molar-refractivity contribution is -0.160. The summed E-state index contributed by atoms with van der Waals surface area (Å²) in [5, 5.41) is 2.27. The Morgan fingerprint density at radius 3 is 2.82 bits per heavy atom. The van der Waals surface area contributed by atoms with E-state index in [4.69, 9.17) is 0 Å². The molecule has 1 heterocycles. The number of hydrogen-bond acceptors (Lipinski definition) is 3. The molecule has 0 spiro atoms. The van der Waals surface area contributed by atoms with Gasteiger partial charge in [-0.2, -0.15) is 13.2 Å². The van der Waals surface area contributed by atoms with E-state index in [1.54, 1.807) is 25.3 Å². The number of nitrogens with one attached hydrogen (secondary N) is 1. The molecule has 1 aromatic rings. The van der Waals surface area contributed by atoms with Crippen LogP contribution in [0.25, 0.3) is 0 Å². The first-order valence-corrected chi connectivity index (χ1v) is 4.78. The fourth-order valence-electron chi connectivity index (χ4n) is 1.08. The maximum absolute atomic E-state index is 11.8. The van der Waals surface area contributed by atoms with Crippen molar-refractivity contribution >= 4 is 6.09 Å². The average molecular weight is 248 g/mol. The molecule has 0 radical (unpaired) electrons. The van der Waals surface area contributed by atoms with Gasteiger partial charge < -0.3 is 10.1 Å². The lowest BCUT2D eigenvalue weighted by atomic mass is 10.1. The number of halogens is 3. The zero-order chi connectivity index (χ0) is 12.9. The summed E-state index contributed by atoms with van der Waals surface area (Å²) in [6, 6.07) is 2.89. The molecule has 0 aliphatic heterocycles. The second-order valence-electron chi connectivity index (χ2n) is 3.34.